The quantitative estimate of drug-likeness (QED) is 0.827. The second-order valence-electron chi connectivity index (χ2n) is 4.27. The molecular weight excluding hydrogens is 311 g/mol. The van der Waals surface area contributed by atoms with Crippen LogP contribution in [-0.4, -0.2) is 12.5 Å². The molecular formula is C15H14Cl2N2O2. The van der Waals surface area contributed by atoms with Crippen LogP contribution < -0.4 is 15.8 Å². The first kappa shape index (κ1) is 15.5. The summed E-state index contributed by atoms with van der Waals surface area (Å²) in [5, 5.41) is 3.31. The average Bonchev–Trinajstić information content (AvgIpc) is 2.45. The van der Waals surface area contributed by atoms with Crippen LogP contribution in [0.5, 0.6) is 5.75 Å². The number of hydrogen-bond acceptors (Lipinski definition) is 3. The van der Waals surface area contributed by atoms with Crippen molar-refractivity contribution in [3.63, 3.8) is 0 Å². The first-order valence-electron chi connectivity index (χ1n) is 6.30. The third-order valence-corrected chi connectivity index (χ3v) is 3.39. The number of benzene rings is 2. The maximum atomic E-state index is 12.1. The summed E-state index contributed by atoms with van der Waals surface area (Å²) in [5.74, 6) is 0.447. The van der Waals surface area contributed by atoms with E-state index in [1.54, 1.807) is 36.4 Å². The molecule has 2 aromatic rings. The van der Waals surface area contributed by atoms with E-state index in [4.69, 9.17) is 33.7 Å². The maximum Gasteiger partial charge on any atom is 0.255 e. The van der Waals surface area contributed by atoms with E-state index in [1.165, 1.54) is 0 Å². The summed E-state index contributed by atoms with van der Waals surface area (Å²) in [6.07, 6.45) is 0. The Balaban J connectivity index is 2.14. The number of nitrogens with one attached hydrogen (secondary N) is 1. The van der Waals surface area contributed by atoms with Crippen LogP contribution in [0.25, 0.3) is 0 Å². The van der Waals surface area contributed by atoms with Crippen LogP contribution in [0.15, 0.2) is 36.4 Å². The highest BCUT2D eigenvalue weighted by atomic mass is 35.5. The summed E-state index contributed by atoms with van der Waals surface area (Å²) in [4.78, 5) is 12.1. The number of ether oxygens (including phenoxy) is 1. The van der Waals surface area contributed by atoms with Gasteiger partial charge in [0.05, 0.1) is 22.3 Å². The van der Waals surface area contributed by atoms with E-state index in [1.807, 2.05) is 6.92 Å². The molecule has 0 aliphatic carbocycles. The van der Waals surface area contributed by atoms with Crippen molar-refractivity contribution in [2.75, 3.05) is 17.7 Å². The largest absolute Gasteiger partial charge is 0.494 e. The van der Waals surface area contributed by atoms with E-state index in [2.05, 4.69) is 5.32 Å². The van der Waals surface area contributed by atoms with Gasteiger partial charge in [-0.3, -0.25) is 4.79 Å². The molecule has 0 radical (unpaired) electrons. The number of carbonyl (C=O) groups is 1. The van der Waals surface area contributed by atoms with Gasteiger partial charge in [0.2, 0.25) is 0 Å². The topological polar surface area (TPSA) is 64.3 Å². The van der Waals surface area contributed by atoms with Crippen LogP contribution in [0.2, 0.25) is 10.0 Å². The van der Waals surface area contributed by atoms with Gasteiger partial charge < -0.3 is 15.8 Å². The Kier molecular flexibility index (Phi) is 4.94. The fraction of sp³-hybridized carbons (Fsp3) is 0.133. The standard InChI is InChI=1S/C15H14Cl2N2O2/c1-2-21-11-5-3-9(4-6-11)15(20)19-10-7-12(16)14(18)13(17)8-10/h3-8H,2,18H2,1H3,(H,19,20). The number of nitrogen functional groups attached to an aromatic ring is 1. The van der Waals surface area contributed by atoms with Crippen LogP contribution in [0.4, 0.5) is 11.4 Å². The zero-order chi connectivity index (χ0) is 15.4. The molecule has 1 amide bonds. The second-order valence-corrected chi connectivity index (χ2v) is 5.08. The summed E-state index contributed by atoms with van der Waals surface area (Å²) < 4.78 is 5.32. The van der Waals surface area contributed by atoms with Crippen molar-refractivity contribution in [2.24, 2.45) is 0 Å². The number of halogens is 2. The third-order valence-electron chi connectivity index (χ3n) is 2.76. The van der Waals surface area contributed by atoms with E-state index in [-0.39, 0.29) is 11.6 Å². The predicted octanol–water partition coefficient (Wildman–Crippen LogP) is 4.23. The lowest BCUT2D eigenvalue weighted by Gasteiger charge is -2.09. The maximum absolute atomic E-state index is 12.1. The van der Waals surface area contributed by atoms with Gasteiger partial charge in [-0.1, -0.05) is 23.2 Å². The summed E-state index contributed by atoms with van der Waals surface area (Å²) in [6.45, 7) is 2.48. The Labute approximate surface area is 132 Å². The highest BCUT2D eigenvalue weighted by Gasteiger charge is 2.09. The van der Waals surface area contributed by atoms with Crippen LogP contribution in [-0.2, 0) is 0 Å². The van der Waals surface area contributed by atoms with Crippen molar-refractivity contribution in [1.82, 2.24) is 0 Å². The summed E-state index contributed by atoms with van der Waals surface area (Å²) in [5.41, 5.74) is 6.92. The second kappa shape index (κ2) is 6.70. The van der Waals surface area contributed by atoms with Crippen molar-refractivity contribution in [2.45, 2.75) is 6.92 Å². The van der Waals surface area contributed by atoms with Gasteiger partial charge in [-0.15, -0.1) is 0 Å². The Bertz CT molecular complexity index is 634. The number of carbonyl (C=O) groups excluding carboxylic acids is 1. The van der Waals surface area contributed by atoms with Gasteiger partial charge in [-0.25, -0.2) is 0 Å². The monoisotopic (exact) mass is 324 g/mol. The Morgan fingerprint density at radius 3 is 2.29 bits per heavy atom. The zero-order valence-electron chi connectivity index (χ0n) is 11.3. The van der Waals surface area contributed by atoms with Crippen LogP contribution in [0, 0.1) is 0 Å². The van der Waals surface area contributed by atoms with Crippen molar-refractivity contribution in [1.29, 1.82) is 0 Å². The molecule has 3 N–H and O–H groups in total. The molecule has 0 aliphatic heterocycles. The van der Waals surface area contributed by atoms with Gasteiger partial charge >= 0.3 is 0 Å². The molecule has 0 spiro atoms. The number of nitrogens with two attached hydrogens (primary N) is 1. The molecule has 0 unspecified atom stereocenters. The summed E-state index contributed by atoms with van der Waals surface area (Å²) in [7, 11) is 0. The lowest BCUT2D eigenvalue weighted by Crippen LogP contribution is -2.12. The highest BCUT2D eigenvalue weighted by molar-refractivity contribution is 6.39. The SMILES string of the molecule is CCOc1ccc(C(=O)Nc2cc(Cl)c(N)c(Cl)c2)cc1. The summed E-state index contributed by atoms with van der Waals surface area (Å²) >= 11 is 11.9. The normalized spacial score (nSPS) is 10.2. The number of hydrogen-bond donors (Lipinski definition) is 2. The zero-order valence-corrected chi connectivity index (χ0v) is 12.8. The molecule has 0 fully saturated rings. The Morgan fingerprint density at radius 2 is 1.76 bits per heavy atom. The van der Waals surface area contributed by atoms with Crippen LogP contribution >= 0.6 is 23.2 Å². The lowest BCUT2D eigenvalue weighted by molar-refractivity contribution is 0.102. The van der Waals surface area contributed by atoms with Gasteiger partial charge in [0.25, 0.3) is 5.91 Å². The lowest BCUT2D eigenvalue weighted by atomic mass is 10.2. The van der Waals surface area contributed by atoms with E-state index in [9.17, 15) is 4.79 Å². The minimum Gasteiger partial charge on any atom is -0.494 e. The van der Waals surface area contributed by atoms with Gasteiger partial charge in [-0.2, -0.15) is 0 Å². The highest BCUT2D eigenvalue weighted by Crippen LogP contribution is 2.31. The molecule has 6 heteroatoms. The number of anilines is 2. The average molecular weight is 325 g/mol. The molecule has 21 heavy (non-hydrogen) atoms. The molecule has 110 valence electrons. The fourth-order valence-corrected chi connectivity index (χ4v) is 2.22. The van der Waals surface area contributed by atoms with E-state index < -0.39 is 0 Å². The Hall–Kier alpha value is -1.91. The van der Waals surface area contributed by atoms with Gasteiger partial charge in [0, 0.05) is 11.3 Å². The molecule has 0 bridgehead atoms. The minimum absolute atomic E-state index is 0.269. The molecule has 0 atom stereocenters. The molecule has 0 saturated carbocycles. The van der Waals surface area contributed by atoms with Crippen molar-refractivity contribution in [3.05, 3.63) is 52.0 Å². The molecule has 2 rings (SSSR count). The van der Waals surface area contributed by atoms with E-state index >= 15 is 0 Å². The molecule has 0 aromatic heterocycles. The van der Waals surface area contributed by atoms with Crippen molar-refractivity contribution >= 4 is 40.5 Å². The Morgan fingerprint density at radius 1 is 1.19 bits per heavy atom. The van der Waals surface area contributed by atoms with E-state index in [0.29, 0.717) is 33.7 Å². The third kappa shape index (κ3) is 3.80. The van der Waals surface area contributed by atoms with Gasteiger partial charge in [-0.05, 0) is 43.3 Å². The van der Waals surface area contributed by atoms with Crippen LogP contribution in [0.1, 0.15) is 17.3 Å². The molecule has 0 heterocycles. The summed E-state index contributed by atoms with van der Waals surface area (Å²) in [6, 6.07) is 9.94. The first-order valence-corrected chi connectivity index (χ1v) is 7.05. The molecule has 0 saturated heterocycles. The smallest absolute Gasteiger partial charge is 0.255 e. The minimum atomic E-state index is -0.269. The number of rotatable bonds is 4. The van der Waals surface area contributed by atoms with Crippen molar-refractivity contribution in [3.8, 4) is 5.75 Å². The molecule has 2 aromatic carbocycles. The molecule has 0 aliphatic rings. The molecule has 4 nitrogen and oxygen atoms in total. The fourth-order valence-electron chi connectivity index (χ4n) is 1.73. The predicted molar refractivity (Wildman–Crippen MR) is 86.4 cm³/mol. The van der Waals surface area contributed by atoms with Crippen molar-refractivity contribution < 1.29 is 9.53 Å². The van der Waals surface area contributed by atoms with Gasteiger partial charge in [0.15, 0.2) is 0 Å². The van der Waals surface area contributed by atoms with E-state index in [0.717, 1.165) is 0 Å². The van der Waals surface area contributed by atoms with Crippen LogP contribution in [0.3, 0.4) is 0 Å². The first-order chi connectivity index (χ1) is 10.0. The number of amides is 1. The van der Waals surface area contributed by atoms with Gasteiger partial charge in [0.1, 0.15) is 5.75 Å².